The van der Waals surface area contributed by atoms with Gasteiger partial charge in [-0.1, -0.05) is 6.07 Å². The van der Waals surface area contributed by atoms with Crippen molar-refractivity contribution in [1.82, 2.24) is 10.3 Å². The van der Waals surface area contributed by atoms with E-state index in [1.54, 1.807) is 6.07 Å². The molecule has 9 heteroatoms. The van der Waals surface area contributed by atoms with Crippen LogP contribution in [0.4, 0.5) is 5.69 Å². The molecular weight excluding hydrogens is 366 g/mol. The number of sulfonamides is 1. The minimum Gasteiger partial charge on any atom is -0.408 e. The van der Waals surface area contributed by atoms with Gasteiger partial charge in [0.2, 0.25) is 0 Å². The highest BCUT2D eigenvalue weighted by Gasteiger charge is 2.17. The molecule has 0 bridgehead atoms. The molecule has 0 radical (unpaired) electrons. The van der Waals surface area contributed by atoms with Crippen LogP contribution in [-0.2, 0) is 23.0 Å². The summed E-state index contributed by atoms with van der Waals surface area (Å²) >= 11 is 0. The summed E-state index contributed by atoms with van der Waals surface area (Å²) in [6.45, 7) is 1.66. The smallest absolute Gasteiger partial charge is 0.408 e. The average Bonchev–Trinajstić information content (AvgIpc) is 2.93. The summed E-state index contributed by atoms with van der Waals surface area (Å²) in [6, 6.07) is 9.81. The number of fused-ring (bicyclic) bond motifs is 2. The molecule has 3 aromatic rings. The molecule has 0 aliphatic carbocycles. The van der Waals surface area contributed by atoms with E-state index >= 15 is 0 Å². The highest BCUT2D eigenvalue weighted by Crippen LogP contribution is 2.23. The first-order valence-corrected chi connectivity index (χ1v) is 8.98. The lowest BCUT2D eigenvalue weighted by atomic mass is 10.0. The summed E-state index contributed by atoms with van der Waals surface area (Å²) in [5.74, 6) is -0.616. The van der Waals surface area contributed by atoms with E-state index in [9.17, 15) is 13.2 Å². The number of anilines is 1. The van der Waals surface area contributed by atoms with Crippen molar-refractivity contribution in [2.24, 2.45) is 0 Å². The van der Waals surface area contributed by atoms with Crippen LogP contribution in [0.25, 0.3) is 11.1 Å². The van der Waals surface area contributed by atoms with Gasteiger partial charge in [-0.25, -0.2) is 13.2 Å². The van der Waals surface area contributed by atoms with Gasteiger partial charge in [-0.05, 0) is 48.4 Å². The molecule has 1 aliphatic rings. The van der Waals surface area contributed by atoms with Crippen molar-refractivity contribution in [1.29, 1.82) is 0 Å². The van der Waals surface area contributed by atoms with Crippen molar-refractivity contribution >= 4 is 39.2 Å². The van der Waals surface area contributed by atoms with E-state index in [2.05, 4.69) is 15.0 Å². The maximum absolute atomic E-state index is 12.6. The number of hydrogen-bond acceptors (Lipinski definition) is 5. The Balaban J connectivity index is 0.00000182. The van der Waals surface area contributed by atoms with Crippen LogP contribution in [0.15, 0.2) is 50.5 Å². The van der Waals surface area contributed by atoms with Crippen LogP contribution in [-0.4, -0.2) is 19.9 Å². The Bertz CT molecular complexity index is 1090. The molecule has 0 saturated heterocycles. The zero-order chi connectivity index (χ0) is 16.7. The number of hydrogen-bond donors (Lipinski definition) is 3. The largest absolute Gasteiger partial charge is 0.417 e. The van der Waals surface area contributed by atoms with Gasteiger partial charge in [0.25, 0.3) is 10.0 Å². The van der Waals surface area contributed by atoms with E-state index in [1.807, 2.05) is 12.1 Å². The third-order valence-corrected chi connectivity index (χ3v) is 5.43. The van der Waals surface area contributed by atoms with Gasteiger partial charge in [0.05, 0.1) is 10.4 Å². The number of oxazole rings is 1. The van der Waals surface area contributed by atoms with Crippen molar-refractivity contribution in [3.8, 4) is 0 Å². The lowest BCUT2D eigenvalue weighted by Crippen LogP contribution is -2.23. The highest BCUT2D eigenvalue weighted by molar-refractivity contribution is 7.92. The van der Waals surface area contributed by atoms with E-state index in [0.717, 1.165) is 25.1 Å². The molecule has 4 rings (SSSR count). The van der Waals surface area contributed by atoms with Gasteiger partial charge in [0.15, 0.2) is 5.58 Å². The minimum absolute atomic E-state index is 0. The van der Waals surface area contributed by atoms with Crippen molar-refractivity contribution in [3.05, 3.63) is 58.1 Å². The summed E-state index contributed by atoms with van der Waals surface area (Å²) < 4.78 is 32.6. The van der Waals surface area contributed by atoms with Crippen molar-refractivity contribution in [3.63, 3.8) is 0 Å². The van der Waals surface area contributed by atoms with E-state index in [1.165, 1.54) is 23.8 Å². The SMILES string of the molecule is Cl.O=c1[nH]c2ccc(S(=O)(=O)Nc3ccc4c(c3)CNCC4)cc2o1. The Morgan fingerprint density at radius 3 is 2.76 bits per heavy atom. The summed E-state index contributed by atoms with van der Waals surface area (Å²) in [4.78, 5) is 13.7. The monoisotopic (exact) mass is 381 g/mol. The molecule has 0 unspecified atom stereocenters. The molecule has 25 heavy (non-hydrogen) atoms. The standard InChI is InChI=1S/C16H15N3O4S.ClH/c20-16-18-14-4-3-13(8-15(14)23-16)24(21,22)19-12-2-1-10-5-6-17-9-11(10)7-12;/h1-4,7-8,17,19H,5-6,9H2,(H,18,20);1H. The predicted octanol–water partition coefficient (Wildman–Crippen LogP) is 1.99. The third kappa shape index (κ3) is 3.41. The zero-order valence-electron chi connectivity index (χ0n) is 13.0. The zero-order valence-corrected chi connectivity index (χ0v) is 14.7. The van der Waals surface area contributed by atoms with Gasteiger partial charge < -0.3 is 9.73 Å². The normalized spacial score (nSPS) is 13.9. The van der Waals surface area contributed by atoms with Crippen LogP contribution >= 0.6 is 12.4 Å². The number of H-pyrrole nitrogens is 1. The quantitative estimate of drug-likeness (QED) is 0.643. The number of benzene rings is 2. The van der Waals surface area contributed by atoms with Crippen molar-refractivity contribution < 1.29 is 12.8 Å². The summed E-state index contributed by atoms with van der Waals surface area (Å²) in [5.41, 5.74) is 3.49. The maximum Gasteiger partial charge on any atom is 0.417 e. The fraction of sp³-hybridized carbons (Fsp3) is 0.188. The van der Waals surface area contributed by atoms with E-state index in [4.69, 9.17) is 4.42 Å². The van der Waals surface area contributed by atoms with Gasteiger partial charge in [-0.3, -0.25) is 9.71 Å². The minimum atomic E-state index is -3.77. The van der Waals surface area contributed by atoms with Gasteiger partial charge in [0, 0.05) is 18.3 Å². The third-order valence-electron chi connectivity index (χ3n) is 4.05. The van der Waals surface area contributed by atoms with Crippen LogP contribution in [0.5, 0.6) is 0 Å². The van der Waals surface area contributed by atoms with Crippen LogP contribution in [0.2, 0.25) is 0 Å². The first kappa shape index (κ1) is 17.5. The summed E-state index contributed by atoms with van der Waals surface area (Å²) in [5, 5.41) is 3.26. The lowest BCUT2D eigenvalue weighted by Gasteiger charge is -2.18. The average molecular weight is 382 g/mol. The highest BCUT2D eigenvalue weighted by atomic mass is 35.5. The second kappa shape index (κ2) is 6.55. The molecule has 3 N–H and O–H groups in total. The molecule has 0 spiro atoms. The van der Waals surface area contributed by atoms with E-state index in [-0.39, 0.29) is 22.9 Å². The van der Waals surface area contributed by atoms with Crippen LogP contribution in [0.1, 0.15) is 11.1 Å². The van der Waals surface area contributed by atoms with Gasteiger partial charge in [-0.15, -0.1) is 12.4 Å². The van der Waals surface area contributed by atoms with Gasteiger partial charge in [0.1, 0.15) is 0 Å². The van der Waals surface area contributed by atoms with Crippen LogP contribution in [0, 0.1) is 0 Å². The number of rotatable bonds is 3. The molecule has 0 amide bonds. The molecule has 7 nitrogen and oxygen atoms in total. The lowest BCUT2D eigenvalue weighted by molar-refractivity contribution is 0.554. The fourth-order valence-corrected chi connectivity index (χ4v) is 3.92. The first-order valence-electron chi connectivity index (χ1n) is 7.49. The van der Waals surface area contributed by atoms with Gasteiger partial charge >= 0.3 is 5.76 Å². The molecule has 0 fully saturated rings. The Kier molecular flexibility index (Phi) is 4.59. The van der Waals surface area contributed by atoms with E-state index < -0.39 is 15.8 Å². The molecule has 2 aromatic carbocycles. The second-order valence-electron chi connectivity index (χ2n) is 5.69. The topological polar surface area (TPSA) is 104 Å². The predicted molar refractivity (Wildman–Crippen MR) is 96.7 cm³/mol. The van der Waals surface area contributed by atoms with Crippen molar-refractivity contribution in [2.75, 3.05) is 11.3 Å². The summed E-state index contributed by atoms with van der Waals surface area (Å²) in [7, 11) is -3.77. The fourth-order valence-electron chi connectivity index (χ4n) is 2.85. The Hall–Kier alpha value is -2.29. The maximum atomic E-state index is 12.6. The number of aromatic amines is 1. The van der Waals surface area contributed by atoms with Gasteiger partial charge in [-0.2, -0.15) is 0 Å². The molecule has 1 aliphatic heterocycles. The van der Waals surface area contributed by atoms with E-state index in [0.29, 0.717) is 11.2 Å². The molecule has 1 aromatic heterocycles. The molecule has 2 heterocycles. The number of aromatic nitrogens is 1. The Morgan fingerprint density at radius 2 is 1.92 bits per heavy atom. The molecule has 0 atom stereocenters. The molecule has 132 valence electrons. The molecule has 0 saturated carbocycles. The molecular formula is C16H16ClN3O4S. The Morgan fingerprint density at radius 1 is 1.08 bits per heavy atom. The first-order chi connectivity index (χ1) is 11.5. The Labute approximate surface area is 149 Å². The number of nitrogens with one attached hydrogen (secondary N) is 3. The summed E-state index contributed by atoms with van der Waals surface area (Å²) in [6.07, 6.45) is 0.936. The van der Waals surface area contributed by atoms with Crippen LogP contribution < -0.4 is 15.8 Å². The van der Waals surface area contributed by atoms with Crippen molar-refractivity contribution in [2.45, 2.75) is 17.9 Å². The van der Waals surface area contributed by atoms with Crippen LogP contribution in [0.3, 0.4) is 0 Å². The number of halogens is 1. The second-order valence-corrected chi connectivity index (χ2v) is 7.37.